The van der Waals surface area contributed by atoms with Gasteiger partial charge in [-0.2, -0.15) is 0 Å². The third kappa shape index (κ3) is 3.92. The summed E-state index contributed by atoms with van der Waals surface area (Å²) in [6.07, 6.45) is 0. The van der Waals surface area contributed by atoms with Gasteiger partial charge in [0.25, 0.3) is 0 Å². The van der Waals surface area contributed by atoms with Crippen molar-refractivity contribution in [3.05, 3.63) is 35.9 Å². The normalized spacial score (nSPS) is 10.9. The first-order valence-corrected chi connectivity index (χ1v) is 7.15. The van der Waals surface area contributed by atoms with Crippen molar-refractivity contribution in [2.45, 2.75) is 13.5 Å². The average Bonchev–Trinajstić information content (AvgIpc) is 2.46. The van der Waals surface area contributed by atoms with Crippen LogP contribution < -0.4 is 10.6 Å². The van der Waals surface area contributed by atoms with E-state index in [1.165, 1.54) is 0 Å². The van der Waals surface area contributed by atoms with Gasteiger partial charge in [-0.3, -0.25) is 9.69 Å². The number of rotatable bonds is 6. The van der Waals surface area contributed by atoms with E-state index in [4.69, 9.17) is 0 Å². The van der Waals surface area contributed by atoms with Gasteiger partial charge in [-0.1, -0.05) is 18.2 Å². The van der Waals surface area contributed by atoms with Gasteiger partial charge < -0.3 is 10.6 Å². The molecular formula is C16H22N4O. The molecule has 1 heterocycles. The predicted octanol–water partition coefficient (Wildman–Crippen LogP) is 1.84. The second kappa shape index (κ2) is 7.04. The van der Waals surface area contributed by atoms with Crippen LogP contribution >= 0.6 is 0 Å². The Hall–Kier alpha value is -2.14. The van der Waals surface area contributed by atoms with Gasteiger partial charge in [0, 0.05) is 31.1 Å². The number of nitrogens with zero attached hydrogens (tertiary/aromatic N) is 2. The molecule has 0 fully saturated rings. The van der Waals surface area contributed by atoms with Gasteiger partial charge >= 0.3 is 0 Å². The standard InChI is InChI=1S/C16H22N4O/c1-4-18-15(21)11-20(3)10-13-9-12-7-5-6-8-14(12)19-16(13)17-2/h5-9H,4,10-11H2,1-3H3,(H,17,19)(H,18,21). The third-order valence-corrected chi connectivity index (χ3v) is 3.27. The van der Waals surface area contributed by atoms with E-state index in [-0.39, 0.29) is 5.91 Å². The van der Waals surface area contributed by atoms with Crippen molar-refractivity contribution in [2.24, 2.45) is 0 Å². The maximum Gasteiger partial charge on any atom is 0.234 e. The first kappa shape index (κ1) is 15.3. The van der Waals surface area contributed by atoms with Gasteiger partial charge in [-0.25, -0.2) is 4.98 Å². The summed E-state index contributed by atoms with van der Waals surface area (Å²) in [4.78, 5) is 18.2. The quantitative estimate of drug-likeness (QED) is 0.851. The Bertz CT molecular complexity index is 627. The van der Waals surface area contributed by atoms with Crippen LogP contribution in [0.5, 0.6) is 0 Å². The topological polar surface area (TPSA) is 57.3 Å². The Labute approximate surface area is 125 Å². The van der Waals surface area contributed by atoms with Gasteiger partial charge in [0.1, 0.15) is 5.82 Å². The lowest BCUT2D eigenvalue weighted by atomic mass is 10.1. The Morgan fingerprint density at radius 1 is 1.33 bits per heavy atom. The van der Waals surface area contributed by atoms with Crippen molar-refractivity contribution in [1.82, 2.24) is 15.2 Å². The van der Waals surface area contributed by atoms with E-state index < -0.39 is 0 Å². The summed E-state index contributed by atoms with van der Waals surface area (Å²) in [5.41, 5.74) is 2.06. The zero-order valence-electron chi connectivity index (χ0n) is 12.8. The lowest BCUT2D eigenvalue weighted by Gasteiger charge is -2.18. The maximum absolute atomic E-state index is 11.6. The summed E-state index contributed by atoms with van der Waals surface area (Å²) < 4.78 is 0. The molecule has 1 aromatic heterocycles. The van der Waals surface area contributed by atoms with E-state index in [0.717, 1.165) is 22.3 Å². The fourth-order valence-corrected chi connectivity index (χ4v) is 2.34. The van der Waals surface area contributed by atoms with E-state index in [2.05, 4.69) is 27.8 Å². The third-order valence-electron chi connectivity index (χ3n) is 3.27. The van der Waals surface area contributed by atoms with E-state index in [9.17, 15) is 4.79 Å². The smallest absolute Gasteiger partial charge is 0.234 e. The van der Waals surface area contributed by atoms with Crippen LogP contribution in [0.4, 0.5) is 5.82 Å². The molecule has 1 aromatic carbocycles. The van der Waals surface area contributed by atoms with E-state index >= 15 is 0 Å². The van der Waals surface area contributed by atoms with Crippen molar-refractivity contribution >= 4 is 22.6 Å². The molecule has 0 saturated carbocycles. The second-order valence-electron chi connectivity index (χ2n) is 5.06. The van der Waals surface area contributed by atoms with Crippen LogP contribution in [-0.4, -0.2) is 43.0 Å². The number of hydrogen-bond acceptors (Lipinski definition) is 4. The van der Waals surface area contributed by atoms with Crippen LogP contribution in [0.15, 0.2) is 30.3 Å². The highest BCUT2D eigenvalue weighted by atomic mass is 16.1. The number of carbonyl (C=O) groups is 1. The van der Waals surface area contributed by atoms with Crippen molar-refractivity contribution in [3.8, 4) is 0 Å². The molecule has 5 nitrogen and oxygen atoms in total. The minimum absolute atomic E-state index is 0.0414. The number of fused-ring (bicyclic) bond motifs is 1. The summed E-state index contributed by atoms with van der Waals surface area (Å²) >= 11 is 0. The Morgan fingerprint density at radius 2 is 2.10 bits per heavy atom. The number of carbonyl (C=O) groups excluding carboxylic acids is 1. The molecule has 2 aromatic rings. The molecule has 0 bridgehead atoms. The van der Waals surface area contributed by atoms with Crippen molar-refractivity contribution < 1.29 is 4.79 Å². The summed E-state index contributed by atoms with van der Waals surface area (Å²) in [6, 6.07) is 10.2. The van der Waals surface area contributed by atoms with Crippen LogP contribution in [0.25, 0.3) is 10.9 Å². The Balaban J connectivity index is 2.18. The minimum Gasteiger partial charge on any atom is -0.373 e. The van der Waals surface area contributed by atoms with E-state index in [1.54, 1.807) is 0 Å². The molecule has 0 atom stereocenters. The molecule has 0 saturated heterocycles. The molecule has 0 spiro atoms. The average molecular weight is 286 g/mol. The van der Waals surface area contributed by atoms with Gasteiger partial charge in [0.05, 0.1) is 12.1 Å². The number of hydrogen-bond donors (Lipinski definition) is 2. The highest BCUT2D eigenvalue weighted by molar-refractivity contribution is 5.81. The number of likely N-dealkylation sites (N-methyl/N-ethyl adjacent to an activating group) is 2. The summed E-state index contributed by atoms with van der Waals surface area (Å²) in [5.74, 6) is 0.899. The summed E-state index contributed by atoms with van der Waals surface area (Å²) in [7, 11) is 3.80. The predicted molar refractivity (Wildman–Crippen MR) is 86.3 cm³/mol. The van der Waals surface area contributed by atoms with Crippen molar-refractivity contribution in [2.75, 3.05) is 32.5 Å². The molecule has 0 aliphatic rings. The first-order valence-electron chi connectivity index (χ1n) is 7.15. The molecule has 0 aliphatic carbocycles. The number of amides is 1. The van der Waals surface area contributed by atoms with Crippen LogP contribution in [0.3, 0.4) is 0 Å². The zero-order valence-corrected chi connectivity index (χ0v) is 12.8. The summed E-state index contributed by atoms with van der Waals surface area (Å²) in [5, 5.41) is 7.05. The lowest BCUT2D eigenvalue weighted by Crippen LogP contribution is -2.34. The van der Waals surface area contributed by atoms with Crippen LogP contribution in [0, 0.1) is 0 Å². The van der Waals surface area contributed by atoms with Gasteiger partial charge in [0.2, 0.25) is 5.91 Å². The van der Waals surface area contributed by atoms with Crippen LogP contribution in [-0.2, 0) is 11.3 Å². The van der Waals surface area contributed by atoms with Gasteiger partial charge in [-0.05, 0) is 26.1 Å². The minimum atomic E-state index is 0.0414. The number of aromatic nitrogens is 1. The maximum atomic E-state index is 11.6. The number of para-hydroxylation sites is 1. The van der Waals surface area contributed by atoms with Gasteiger partial charge in [-0.15, -0.1) is 0 Å². The highest BCUT2D eigenvalue weighted by Gasteiger charge is 2.10. The molecule has 2 rings (SSSR count). The number of benzene rings is 1. The monoisotopic (exact) mass is 286 g/mol. The summed E-state index contributed by atoms with van der Waals surface area (Å²) in [6.45, 7) is 3.63. The fraction of sp³-hybridized carbons (Fsp3) is 0.375. The van der Waals surface area contributed by atoms with Crippen molar-refractivity contribution in [3.63, 3.8) is 0 Å². The number of nitrogens with one attached hydrogen (secondary N) is 2. The molecule has 0 aliphatic heterocycles. The van der Waals surface area contributed by atoms with Gasteiger partial charge in [0.15, 0.2) is 0 Å². The van der Waals surface area contributed by atoms with Crippen LogP contribution in [0.2, 0.25) is 0 Å². The van der Waals surface area contributed by atoms with E-state index in [1.807, 2.05) is 44.1 Å². The van der Waals surface area contributed by atoms with E-state index in [0.29, 0.717) is 19.6 Å². The molecule has 0 radical (unpaired) electrons. The number of anilines is 1. The lowest BCUT2D eigenvalue weighted by molar-refractivity contribution is -0.121. The Morgan fingerprint density at radius 3 is 2.81 bits per heavy atom. The molecule has 112 valence electrons. The Kier molecular flexibility index (Phi) is 5.11. The second-order valence-corrected chi connectivity index (χ2v) is 5.06. The first-order chi connectivity index (χ1) is 10.1. The largest absolute Gasteiger partial charge is 0.373 e. The molecular weight excluding hydrogens is 264 g/mol. The molecule has 0 unspecified atom stereocenters. The molecule has 5 heteroatoms. The molecule has 2 N–H and O–H groups in total. The van der Waals surface area contributed by atoms with Crippen LogP contribution in [0.1, 0.15) is 12.5 Å². The SMILES string of the molecule is CCNC(=O)CN(C)Cc1cc2ccccc2nc1NC. The van der Waals surface area contributed by atoms with Crippen molar-refractivity contribution in [1.29, 1.82) is 0 Å². The molecule has 1 amide bonds. The fourth-order valence-electron chi connectivity index (χ4n) is 2.34. The number of pyridine rings is 1. The zero-order chi connectivity index (χ0) is 15.2. The highest BCUT2D eigenvalue weighted by Crippen LogP contribution is 2.21. The molecule has 21 heavy (non-hydrogen) atoms.